The molecule has 0 spiro atoms. The van der Waals surface area contributed by atoms with E-state index in [9.17, 15) is 0 Å². The topological polar surface area (TPSA) is 6.48 Å². The largest absolute Gasteiger partial charge is 0.302 e. The summed E-state index contributed by atoms with van der Waals surface area (Å²) in [4.78, 5) is 5.52. The van der Waals surface area contributed by atoms with Gasteiger partial charge in [-0.2, -0.15) is 0 Å². The molecule has 2 saturated carbocycles. The molecule has 2 aliphatic heterocycles. The maximum absolute atomic E-state index is 2.76. The molecule has 2 saturated heterocycles. The third-order valence-corrected chi connectivity index (χ3v) is 5.58. The Hall–Kier alpha value is -0.0800. The molecule has 16 heavy (non-hydrogen) atoms. The van der Waals surface area contributed by atoms with E-state index in [4.69, 9.17) is 0 Å². The third kappa shape index (κ3) is 1.39. The van der Waals surface area contributed by atoms with Crippen molar-refractivity contribution >= 4 is 0 Å². The predicted octanol–water partition coefficient (Wildman–Crippen LogP) is 1.67. The summed E-state index contributed by atoms with van der Waals surface area (Å²) in [6.07, 6.45) is 3.03. The van der Waals surface area contributed by atoms with Crippen LogP contribution in [0.2, 0.25) is 0 Å². The lowest BCUT2D eigenvalue weighted by Gasteiger charge is -2.25. The zero-order valence-electron chi connectivity index (χ0n) is 10.6. The highest BCUT2D eigenvalue weighted by molar-refractivity contribution is 5.11. The summed E-state index contributed by atoms with van der Waals surface area (Å²) in [5.41, 5.74) is 0. The van der Waals surface area contributed by atoms with Crippen molar-refractivity contribution in [2.45, 2.75) is 38.8 Å². The Morgan fingerprint density at radius 3 is 2.62 bits per heavy atom. The summed E-state index contributed by atoms with van der Waals surface area (Å²) in [6.45, 7) is 10.4. The number of likely N-dealkylation sites (tertiary alicyclic amines) is 2. The minimum Gasteiger partial charge on any atom is -0.302 e. The molecule has 90 valence electrons. The summed E-state index contributed by atoms with van der Waals surface area (Å²) in [5.74, 6) is 4.33. The Morgan fingerprint density at radius 2 is 1.94 bits per heavy atom. The van der Waals surface area contributed by atoms with Crippen molar-refractivity contribution in [3.8, 4) is 0 Å². The number of hydrogen-bond donors (Lipinski definition) is 0. The Bertz CT molecular complexity index is 291. The van der Waals surface area contributed by atoms with Crippen LogP contribution >= 0.6 is 0 Å². The second-order valence-electron chi connectivity index (χ2n) is 6.91. The van der Waals surface area contributed by atoms with Gasteiger partial charge in [-0.1, -0.05) is 0 Å². The first-order chi connectivity index (χ1) is 7.74. The predicted molar refractivity (Wildman–Crippen MR) is 65.3 cm³/mol. The highest BCUT2D eigenvalue weighted by Gasteiger charge is 2.58. The van der Waals surface area contributed by atoms with E-state index in [-0.39, 0.29) is 0 Å². The fourth-order valence-corrected chi connectivity index (χ4v) is 4.54. The second-order valence-corrected chi connectivity index (χ2v) is 6.91. The Morgan fingerprint density at radius 1 is 1.19 bits per heavy atom. The molecule has 0 amide bonds. The molecule has 2 heteroatoms. The van der Waals surface area contributed by atoms with E-state index in [1.54, 1.807) is 6.42 Å². The van der Waals surface area contributed by atoms with Crippen LogP contribution in [0.4, 0.5) is 0 Å². The zero-order chi connectivity index (χ0) is 10.9. The summed E-state index contributed by atoms with van der Waals surface area (Å²) in [7, 11) is 0. The SMILES string of the molecule is CC(C)N1CCC2C(CN3CC4CC4C3)C21. The number of fused-ring (bicyclic) bond motifs is 2. The second kappa shape index (κ2) is 3.23. The first-order valence-electron chi connectivity index (χ1n) is 7.22. The molecule has 4 rings (SSSR count). The van der Waals surface area contributed by atoms with Gasteiger partial charge in [-0.25, -0.2) is 0 Å². The minimum absolute atomic E-state index is 0.770. The smallest absolute Gasteiger partial charge is 0.0174 e. The van der Waals surface area contributed by atoms with Crippen LogP contribution < -0.4 is 0 Å². The molecule has 0 radical (unpaired) electrons. The lowest BCUT2D eigenvalue weighted by molar-refractivity contribution is 0.202. The number of nitrogens with zero attached hydrogens (tertiary/aromatic N) is 2. The number of piperidine rings is 2. The van der Waals surface area contributed by atoms with Gasteiger partial charge in [0.15, 0.2) is 0 Å². The fourth-order valence-electron chi connectivity index (χ4n) is 4.54. The summed E-state index contributed by atoms with van der Waals surface area (Å²) in [5, 5.41) is 0. The van der Waals surface area contributed by atoms with E-state index in [1.807, 2.05) is 0 Å². The molecule has 0 N–H and O–H groups in total. The minimum atomic E-state index is 0.770. The average Bonchev–Trinajstić information content (AvgIpc) is 3.01. The van der Waals surface area contributed by atoms with Gasteiger partial charge in [0.1, 0.15) is 0 Å². The first kappa shape index (κ1) is 9.90. The molecule has 5 atom stereocenters. The molecule has 4 fully saturated rings. The van der Waals surface area contributed by atoms with Crippen LogP contribution in [0.25, 0.3) is 0 Å². The van der Waals surface area contributed by atoms with Crippen LogP contribution in [-0.2, 0) is 0 Å². The van der Waals surface area contributed by atoms with Crippen LogP contribution in [0.1, 0.15) is 26.7 Å². The Kier molecular flexibility index (Phi) is 2.00. The molecule has 5 unspecified atom stereocenters. The molecule has 4 aliphatic rings. The van der Waals surface area contributed by atoms with Crippen LogP contribution in [-0.4, -0.2) is 48.1 Å². The standard InChI is InChI=1S/C14H24N2/c1-9(2)16-4-3-12-13(14(12)16)8-15-6-10-5-11(10)7-15/h9-14H,3-8H2,1-2H3. The van der Waals surface area contributed by atoms with Gasteiger partial charge in [-0.3, -0.25) is 4.90 Å². The van der Waals surface area contributed by atoms with Crippen molar-refractivity contribution in [1.29, 1.82) is 0 Å². The molecule has 2 heterocycles. The van der Waals surface area contributed by atoms with Gasteiger partial charge in [0.25, 0.3) is 0 Å². The van der Waals surface area contributed by atoms with E-state index in [0.29, 0.717) is 0 Å². The lowest BCUT2D eigenvalue weighted by Crippen LogP contribution is -2.35. The van der Waals surface area contributed by atoms with Crippen LogP contribution in [0.3, 0.4) is 0 Å². The van der Waals surface area contributed by atoms with E-state index in [1.165, 1.54) is 32.6 Å². The first-order valence-corrected chi connectivity index (χ1v) is 7.22. The van der Waals surface area contributed by atoms with Crippen molar-refractivity contribution in [2.24, 2.45) is 23.7 Å². The average molecular weight is 220 g/mol. The van der Waals surface area contributed by atoms with Crippen molar-refractivity contribution in [1.82, 2.24) is 9.80 Å². The van der Waals surface area contributed by atoms with Gasteiger partial charge in [0.05, 0.1) is 0 Å². The van der Waals surface area contributed by atoms with Crippen LogP contribution in [0.15, 0.2) is 0 Å². The van der Waals surface area contributed by atoms with Gasteiger partial charge in [0.2, 0.25) is 0 Å². The van der Waals surface area contributed by atoms with Gasteiger partial charge in [-0.15, -0.1) is 0 Å². The van der Waals surface area contributed by atoms with Gasteiger partial charge in [0, 0.05) is 31.7 Å². The van der Waals surface area contributed by atoms with Gasteiger partial charge in [-0.05, 0) is 56.9 Å². The van der Waals surface area contributed by atoms with Crippen molar-refractivity contribution < 1.29 is 0 Å². The molecule has 0 aromatic rings. The Balaban J connectivity index is 1.34. The van der Waals surface area contributed by atoms with Crippen LogP contribution in [0, 0.1) is 23.7 Å². The highest BCUT2D eigenvalue weighted by Crippen LogP contribution is 2.53. The monoisotopic (exact) mass is 220 g/mol. The van der Waals surface area contributed by atoms with Crippen molar-refractivity contribution in [2.75, 3.05) is 26.2 Å². The number of hydrogen-bond acceptors (Lipinski definition) is 2. The van der Waals surface area contributed by atoms with Crippen molar-refractivity contribution in [3.05, 3.63) is 0 Å². The van der Waals surface area contributed by atoms with E-state index < -0.39 is 0 Å². The maximum atomic E-state index is 2.76. The summed E-state index contributed by atoms with van der Waals surface area (Å²) in [6, 6.07) is 1.74. The lowest BCUT2D eigenvalue weighted by atomic mass is 10.2. The summed E-state index contributed by atoms with van der Waals surface area (Å²) < 4.78 is 0. The van der Waals surface area contributed by atoms with Gasteiger partial charge < -0.3 is 4.90 Å². The molecule has 0 bridgehead atoms. The fraction of sp³-hybridized carbons (Fsp3) is 1.00. The Labute approximate surface area is 99.0 Å². The molecule has 0 aromatic carbocycles. The molecular formula is C14H24N2. The maximum Gasteiger partial charge on any atom is 0.0174 e. The van der Waals surface area contributed by atoms with E-state index in [2.05, 4.69) is 23.6 Å². The van der Waals surface area contributed by atoms with Crippen molar-refractivity contribution in [3.63, 3.8) is 0 Å². The molecule has 2 nitrogen and oxygen atoms in total. The van der Waals surface area contributed by atoms with E-state index >= 15 is 0 Å². The van der Waals surface area contributed by atoms with Crippen LogP contribution in [0.5, 0.6) is 0 Å². The highest BCUT2D eigenvalue weighted by atomic mass is 15.3. The zero-order valence-corrected chi connectivity index (χ0v) is 10.6. The summed E-state index contributed by atoms with van der Waals surface area (Å²) >= 11 is 0. The molecule has 2 aliphatic carbocycles. The normalized spacial score (nSPS) is 50.8. The quantitative estimate of drug-likeness (QED) is 0.714. The number of rotatable bonds is 3. The van der Waals surface area contributed by atoms with Gasteiger partial charge >= 0.3 is 0 Å². The third-order valence-electron chi connectivity index (χ3n) is 5.58. The molecular weight excluding hydrogens is 196 g/mol. The van der Waals surface area contributed by atoms with E-state index in [0.717, 1.165) is 35.8 Å². The molecule has 0 aromatic heterocycles.